The van der Waals surface area contributed by atoms with Crippen molar-refractivity contribution in [1.29, 1.82) is 0 Å². The van der Waals surface area contributed by atoms with Gasteiger partial charge >= 0.3 is 0 Å². The lowest BCUT2D eigenvalue weighted by Crippen LogP contribution is -2.56. The van der Waals surface area contributed by atoms with E-state index in [0.717, 1.165) is 43.6 Å². The van der Waals surface area contributed by atoms with E-state index in [9.17, 15) is 14.8 Å². The number of amides is 1. The minimum absolute atomic E-state index is 0.0294. The largest absolute Gasteiger partial charge is 0.340 e. The van der Waals surface area contributed by atoms with Gasteiger partial charge in [-0.25, -0.2) is 5.26 Å². The maximum atomic E-state index is 13.1. The first kappa shape index (κ1) is 20.8. The summed E-state index contributed by atoms with van der Waals surface area (Å²) in [6.07, 6.45) is 3.43. The minimum Gasteiger partial charge on any atom is -0.340 e. The fraction of sp³-hybridized carbons (Fsp3) is 0.619. The first-order valence-corrected chi connectivity index (χ1v) is 10.3. The van der Waals surface area contributed by atoms with E-state index >= 15 is 0 Å². The Hall–Kier alpha value is -1.96. The zero-order valence-corrected chi connectivity index (χ0v) is 17.1. The molecule has 2 N–H and O–H groups in total. The van der Waals surface area contributed by atoms with Crippen LogP contribution in [0, 0.1) is 0 Å². The summed E-state index contributed by atoms with van der Waals surface area (Å²) in [4.78, 5) is 34.1. The molecule has 7 heteroatoms. The molecule has 2 heterocycles. The number of rotatable bonds is 6. The maximum absolute atomic E-state index is 13.1. The number of piperazine rings is 1. The van der Waals surface area contributed by atoms with Gasteiger partial charge in [0.25, 0.3) is 0 Å². The Bertz CT molecular complexity index is 744. The molecule has 0 aromatic heterocycles. The third-order valence-corrected chi connectivity index (χ3v) is 6.01. The van der Waals surface area contributed by atoms with Crippen molar-refractivity contribution in [2.75, 3.05) is 37.6 Å². The molecule has 0 saturated carbocycles. The highest BCUT2D eigenvalue weighted by molar-refractivity contribution is 6.07. The molecule has 2 aliphatic rings. The lowest BCUT2D eigenvalue weighted by Gasteiger charge is -2.41. The second kappa shape index (κ2) is 9.03. The van der Waals surface area contributed by atoms with E-state index in [1.165, 1.54) is 6.92 Å². The molecular weight excluding hydrogens is 358 g/mol. The number of carbonyl (C=O) groups excluding carboxylic acids is 2. The quantitative estimate of drug-likeness (QED) is 0.441. The summed E-state index contributed by atoms with van der Waals surface area (Å²) in [5, 5.41) is 12.7. The highest BCUT2D eigenvalue weighted by Gasteiger charge is 2.33. The summed E-state index contributed by atoms with van der Waals surface area (Å²) >= 11 is 0. The molecule has 0 spiro atoms. The van der Waals surface area contributed by atoms with Crippen LogP contribution in [0.15, 0.2) is 6.07 Å². The summed E-state index contributed by atoms with van der Waals surface area (Å²) in [6.45, 7) is 9.21. The highest BCUT2D eigenvalue weighted by atomic mass is 17.1. The number of hydrogen-bond acceptors (Lipinski definition) is 6. The molecule has 0 bridgehead atoms. The van der Waals surface area contributed by atoms with Crippen molar-refractivity contribution in [2.45, 2.75) is 52.5 Å². The van der Waals surface area contributed by atoms with E-state index in [-0.39, 0.29) is 11.7 Å². The second-order valence-electron chi connectivity index (χ2n) is 7.58. The van der Waals surface area contributed by atoms with Gasteiger partial charge in [-0.05, 0) is 57.3 Å². The van der Waals surface area contributed by atoms with Gasteiger partial charge < -0.3 is 15.1 Å². The van der Waals surface area contributed by atoms with Gasteiger partial charge in [0, 0.05) is 30.3 Å². The predicted molar refractivity (Wildman–Crippen MR) is 108 cm³/mol. The molecule has 0 atom stereocenters. The topological polar surface area (TPSA) is 82.1 Å². The molecule has 1 amide bonds. The number of carbonyl (C=O) groups is 2. The first-order valence-electron chi connectivity index (χ1n) is 10.3. The number of hydrogen-bond donors (Lipinski definition) is 2. The van der Waals surface area contributed by atoms with E-state index in [0.29, 0.717) is 49.0 Å². The zero-order chi connectivity index (χ0) is 20.3. The van der Waals surface area contributed by atoms with Gasteiger partial charge in [-0.2, -0.15) is 0 Å². The fourth-order valence-electron chi connectivity index (χ4n) is 4.58. The molecule has 0 unspecified atom stereocenters. The van der Waals surface area contributed by atoms with E-state index < -0.39 is 0 Å². The van der Waals surface area contributed by atoms with Gasteiger partial charge in [0.05, 0.1) is 12.2 Å². The SMILES string of the molecule is CCc1c(OO)cc(C(C)=O)c(N2CCN(C3CCNCC3)CC2=O)c1CC. The molecule has 28 heavy (non-hydrogen) atoms. The van der Waals surface area contributed by atoms with Crippen LogP contribution in [-0.2, 0) is 17.6 Å². The van der Waals surface area contributed by atoms with Gasteiger partial charge in [0.15, 0.2) is 11.5 Å². The number of nitrogens with one attached hydrogen (secondary N) is 1. The number of ketones is 1. The Morgan fingerprint density at radius 2 is 1.89 bits per heavy atom. The smallest absolute Gasteiger partial charge is 0.241 e. The summed E-state index contributed by atoms with van der Waals surface area (Å²) in [6, 6.07) is 2.02. The molecule has 0 radical (unpaired) electrons. The third kappa shape index (κ3) is 3.92. The maximum Gasteiger partial charge on any atom is 0.241 e. The minimum atomic E-state index is -0.140. The summed E-state index contributed by atoms with van der Waals surface area (Å²) in [7, 11) is 0. The molecular formula is C21H31N3O4. The Labute approximate surface area is 166 Å². The number of piperidine rings is 1. The average Bonchev–Trinajstić information content (AvgIpc) is 2.72. The second-order valence-corrected chi connectivity index (χ2v) is 7.58. The van der Waals surface area contributed by atoms with Crippen LogP contribution in [0.2, 0.25) is 0 Å². The molecule has 0 aliphatic carbocycles. The summed E-state index contributed by atoms with van der Waals surface area (Å²) in [5.41, 5.74) is 2.88. The van der Waals surface area contributed by atoms with Gasteiger partial charge in [-0.3, -0.25) is 14.5 Å². The van der Waals surface area contributed by atoms with Gasteiger partial charge in [0.2, 0.25) is 5.91 Å². The Balaban J connectivity index is 1.96. The van der Waals surface area contributed by atoms with Gasteiger partial charge in [-0.1, -0.05) is 13.8 Å². The van der Waals surface area contributed by atoms with Crippen LogP contribution in [0.1, 0.15) is 55.1 Å². The Morgan fingerprint density at radius 1 is 1.21 bits per heavy atom. The predicted octanol–water partition coefficient (Wildman–Crippen LogP) is 2.27. The molecule has 7 nitrogen and oxygen atoms in total. The van der Waals surface area contributed by atoms with Crippen LogP contribution in [-0.4, -0.2) is 60.6 Å². The fourth-order valence-corrected chi connectivity index (χ4v) is 4.58. The van der Waals surface area contributed by atoms with Crippen molar-refractivity contribution in [3.63, 3.8) is 0 Å². The highest BCUT2D eigenvalue weighted by Crippen LogP contribution is 2.37. The summed E-state index contributed by atoms with van der Waals surface area (Å²) in [5.74, 6) is 0.190. The average molecular weight is 389 g/mol. The molecule has 154 valence electrons. The lowest BCUT2D eigenvalue weighted by molar-refractivity contribution is -0.138. The zero-order valence-electron chi connectivity index (χ0n) is 17.1. The monoisotopic (exact) mass is 389 g/mol. The summed E-state index contributed by atoms with van der Waals surface area (Å²) < 4.78 is 0. The van der Waals surface area contributed by atoms with E-state index in [2.05, 4.69) is 15.1 Å². The van der Waals surface area contributed by atoms with E-state index in [1.807, 2.05) is 13.8 Å². The van der Waals surface area contributed by atoms with Crippen LogP contribution in [0.4, 0.5) is 5.69 Å². The van der Waals surface area contributed by atoms with Crippen molar-refractivity contribution in [2.24, 2.45) is 0 Å². The lowest BCUT2D eigenvalue weighted by atomic mass is 9.93. The van der Waals surface area contributed by atoms with E-state index in [1.54, 1.807) is 11.0 Å². The van der Waals surface area contributed by atoms with Crippen LogP contribution in [0.5, 0.6) is 5.75 Å². The molecule has 1 aromatic rings. The normalized spacial score (nSPS) is 19.1. The van der Waals surface area contributed by atoms with Crippen LogP contribution >= 0.6 is 0 Å². The Kier molecular flexibility index (Phi) is 6.69. The number of benzene rings is 1. The van der Waals surface area contributed by atoms with Gasteiger partial charge in [0.1, 0.15) is 0 Å². The molecule has 2 aliphatic heterocycles. The molecule has 3 rings (SSSR count). The van der Waals surface area contributed by atoms with Crippen molar-refractivity contribution in [3.8, 4) is 5.75 Å². The van der Waals surface area contributed by atoms with E-state index in [4.69, 9.17) is 0 Å². The van der Waals surface area contributed by atoms with Crippen LogP contribution in [0.25, 0.3) is 0 Å². The first-order chi connectivity index (χ1) is 13.5. The standard InChI is InChI=1S/C21H31N3O4/c1-4-16-17(5-2)21(18(14(3)25)12-19(16)28-27)24-11-10-23(13-20(24)26)15-6-8-22-9-7-15/h12,15,22,27H,4-11,13H2,1-3H3. The Morgan fingerprint density at radius 3 is 2.43 bits per heavy atom. The number of nitrogens with zero attached hydrogens (tertiary/aromatic N) is 2. The molecule has 2 fully saturated rings. The van der Waals surface area contributed by atoms with Gasteiger partial charge in [-0.15, -0.1) is 0 Å². The van der Waals surface area contributed by atoms with Crippen LogP contribution < -0.4 is 15.1 Å². The number of Topliss-reactive ketones (excluding diaryl/α,β-unsaturated/α-hetero) is 1. The van der Waals surface area contributed by atoms with Crippen molar-refractivity contribution in [1.82, 2.24) is 10.2 Å². The van der Waals surface area contributed by atoms with Crippen molar-refractivity contribution < 1.29 is 19.7 Å². The number of anilines is 1. The van der Waals surface area contributed by atoms with Crippen molar-refractivity contribution >= 4 is 17.4 Å². The molecule has 1 aromatic carbocycles. The molecule has 2 saturated heterocycles. The van der Waals surface area contributed by atoms with Crippen molar-refractivity contribution in [3.05, 3.63) is 22.8 Å². The van der Waals surface area contributed by atoms with Crippen LogP contribution in [0.3, 0.4) is 0 Å². The third-order valence-electron chi connectivity index (χ3n) is 6.01.